The van der Waals surface area contributed by atoms with Gasteiger partial charge in [-0.15, -0.1) is 0 Å². The molecule has 0 saturated heterocycles. The molecular weight excluding hydrogens is 204 g/mol. The van der Waals surface area contributed by atoms with Gasteiger partial charge in [0.05, 0.1) is 11.4 Å². The number of isocyanates is 1. The number of nitrogens with two attached hydrogens (primary N) is 1. The van der Waals surface area contributed by atoms with Crippen LogP contribution in [0.5, 0.6) is 0 Å². The monoisotopic (exact) mass is 212 g/mol. The summed E-state index contributed by atoms with van der Waals surface area (Å²) in [5, 5.41) is 4.86. The van der Waals surface area contributed by atoms with Gasteiger partial charge in [0.2, 0.25) is 16.1 Å². The van der Waals surface area contributed by atoms with Gasteiger partial charge in [-0.25, -0.2) is 18.4 Å². The smallest absolute Gasteiger partial charge is 0.228 e. The van der Waals surface area contributed by atoms with Crippen molar-refractivity contribution in [2.75, 3.05) is 0 Å². The lowest BCUT2D eigenvalue weighted by atomic mass is 10.2. The summed E-state index contributed by atoms with van der Waals surface area (Å²) in [5.41, 5.74) is 0.852. The first kappa shape index (κ1) is 10.6. The first-order chi connectivity index (χ1) is 6.51. The molecule has 0 aliphatic heterocycles. The third-order valence-corrected chi connectivity index (χ3v) is 2.19. The number of primary sulfonamides is 1. The van der Waals surface area contributed by atoms with E-state index in [1.165, 1.54) is 12.1 Å². The van der Waals surface area contributed by atoms with Crippen LogP contribution in [0.2, 0.25) is 0 Å². The Hall–Kier alpha value is -1.49. The molecule has 0 bridgehead atoms. The van der Waals surface area contributed by atoms with Gasteiger partial charge in [-0.1, -0.05) is 12.1 Å². The Morgan fingerprint density at radius 1 is 1.43 bits per heavy atom. The van der Waals surface area contributed by atoms with Crippen molar-refractivity contribution in [3.05, 3.63) is 29.8 Å². The molecule has 0 unspecified atom stereocenters. The Balaban J connectivity index is 3.00. The third kappa shape index (κ3) is 3.49. The number of sulfonamides is 1. The van der Waals surface area contributed by atoms with Gasteiger partial charge in [0.1, 0.15) is 0 Å². The Morgan fingerprint density at radius 3 is 2.71 bits per heavy atom. The van der Waals surface area contributed by atoms with Gasteiger partial charge in [-0.2, -0.15) is 4.99 Å². The lowest BCUT2D eigenvalue weighted by Gasteiger charge is -1.98. The maximum atomic E-state index is 10.7. The number of hydrogen-bond donors (Lipinski definition) is 1. The van der Waals surface area contributed by atoms with Gasteiger partial charge in [0, 0.05) is 0 Å². The molecular formula is C8H8N2O3S. The number of hydrogen-bond acceptors (Lipinski definition) is 4. The molecule has 0 aromatic heterocycles. The lowest BCUT2D eigenvalue weighted by Crippen LogP contribution is -2.14. The molecule has 0 aliphatic rings. The number of aliphatic imine (C=N–C) groups is 1. The first-order valence-electron chi connectivity index (χ1n) is 3.68. The standard InChI is InChI=1S/C8H8N2O3S/c9-14(12,13)5-7-2-1-3-8(4-7)10-6-11/h1-4H,5H2,(H2,9,12,13). The summed E-state index contributed by atoms with van der Waals surface area (Å²) in [7, 11) is -3.55. The van der Waals surface area contributed by atoms with E-state index in [1.54, 1.807) is 18.2 Å². The second-order valence-electron chi connectivity index (χ2n) is 2.68. The number of nitrogens with zero attached hydrogens (tertiary/aromatic N) is 1. The minimum atomic E-state index is -3.55. The van der Waals surface area contributed by atoms with E-state index in [1.807, 2.05) is 0 Å². The maximum Gasteiger partial charge on any atom is 0.240 e. The number of benzene rings is 1. The normalized spacial score (nSPS) is 10.6. The third-order valence-electron chi connectivity index (χ3n) is 1.45. The SMILES string of the molecule is NS(=O)(=O)Cc1cccc(N=C=O)c1. The van der Waals surface area contributed by atoms with Crippen molar-refractivity contribution in [1.29, 1.82) is 0 Å². The van der Waals surface area contributed by atoms with Crippen LogP contribution in [0.4, 0.5) is 5.69 Å². The van der Waals surface area contributed by atoms with Crippen LogP contribution in [0.3, 0.4) is 0 Å². The molecule has 1 rings (SSSR count). The Kier molecular flexibility index (Phi) is 3.14. The zero-order valence-electron chi connectivity index (χ0n) is 7.17. The van der Waals surface area contributed by atoms with Crippen LogP contribution >= 0.6 is 0 Å². The van der Waals surface area contributed by atoms with Crippen molar-refractivity contribution < 1.29 is 13.2 Å². The van der Waals surface area contributed by atoms with E-state index in [9.17, 15) is 13.2 Å². The molecule has 0 amide bonds. The van der Waals surface area contributed by atoms with E-state index in [4.69, 9.17) is 5.14 Å². The molecule has 0 radical (unpaired) electrons. The molecule has 0 fully saturated rings. The van der Waals surface area contributed by atoms with Crippen molar-refractivity contribution >= 4 is 21.8 Å². The Bertz CT molecular complexity index is 475. The first-order valence-corrected chi connectivity index (χ1v) is 5.40. The van der Waals surface area contributed by atoms with Crippen molar-refractivity contribution in [3.8, 4) is 0 Å². The summed E-state index contributed by atoms with van der Waals surface area (Å²) in [6, 6.07) is 6.22. The highest BCUT2D eigenvalue weighted by Gasteiger charge is 2.04. The van der Waals surface area contributed by atoms with Crippen LogP contribution < -0.4 is 5.14 Å². The summed E-state index contributed by atoms with van der Waals surface area (Å²) in [6.45, 7) is 0. The van der Waals surface area contributed by atoms with E-state index < -0.39 is 10.0 Å². The average molecular weight is 212 g/mol. The molecule has 5 nitrogen and oxygen atoms in total. The summed E-state index contributed by atoms with van der Waals surface area (Å²) < 4.78 is 21.5. The van der Waals surface area contributed by atoms with Crippen LogP contribution in [0, 0.1) is 0 Å². The second kappa shape index (κ2) is 4.15. The molecule has 1 aromatic rings. The fraction of sp³-hybridized carbons (Fsp3) is 0.125. The van der Waals surface area contributed by atoms with Gasteiger partial charge < -0.3 is 0 Å². The van der Waals surface area contributed by atoms with Gasteiger partial charge in [-0.3, -0.25) is 0 Å². The Morgan fingerprint density at radius 2 is 2.14 bits per heavy atom. The quantitative estimate of drug-likeness (QED) is 0.582. The maximum absolute atomic E-state index is 10.7. The minimum absolute atomic E-state index is 0.269. The average Bonchev–Trinajstić information content (AvgIpc) is 2.02. The summed E-state index contributed by atoms with van der Waals surface area (Å²) in [4.78, 5) is 13.3. The van der Waals surface area contributed by atoms with Crippen LogP contribution in [0.15, 0.2) is 29.3 Å². The highest BCUT2D eigenvalue weighted by Crippen LogP contribution is 2.14. The van der Waals surface area contributed by atoms with E-state index in [0.29, 0.717) is 11.3 Å². The highest BCUT2D eigenvalue weighted by atomic mass is 32.2. The zero-order chi connectivity index (χ0) is 10.6. The van der Waals surface area contributed by atoms with Crippen molar-refractivity contribution in [2.24, 2.45) is 10.1 Å². The molecule has 74 valence electrons. The summed E-state index contributed by atoms with van der Waals surface area (Å²) >= 11 is 0. The molecule has 0 heterocycles. The summed E-state index contributed by atoms with van der Waals surface area (Å²) in [5.74, 6) is -0.269. The van der Waals surface area contributed by atoms with Crippen LogP contribution in [0.1, 0.15) is 5.56 Å². The number of carbonyl (C=O) groups excluding carboxylic acids is 1. The topological polar surface area (TPSA) is 89.6 Å². The predicted octanol–water partition coefficient (Wildman–Crippen LogP) is 0.442. The van der Waals surface area contributed by atoms with Gasteiger partial charge >= 0.3 is 0 Å². The largest absolute Gasteiger partial charge is 0.240 e. The van der Waals surface area contributed by atoms with Crippen molar-refractivity contribution in [1.82, 2.24) is 0 Å². The van der Waals surface area contributed by atoms with Gasteiger partial charge in [0.15, 0.2) is 0 Å². The fourth-order valence-corrected chi connectivity index (χ4v) is 1.64. The summed E-state index contributed by atoms with van der Waals surface area (Å²) in [6.07, 6.45) is 1.37. The van der Waals surface area contributed by atoms with E-state index in [2.05, 4.69) is 4.99 Å². The molecule has 0 saturated carbocycles. The predicted molar refractivity (Wildman–Crippen MR) is 51.0 cm³/mol. The highest BCUT2D eigenvalue weighted by molar-refractivity contribution is 7.88. The van der Waals surface area contributed by atoms with E-state index >= 15 is 0 Å². The molecule has 1 aromatic carbocycles. The molecule has 0 spiro atoms. The lowest BCUT2D eigenvalue weighted by molar-refractivity contribution is 0.565. The number of rotatable bonds is 3. The van der Waals surface area contributed by atoms with Gasteiger partial charge in [0.25, 0.3) is 0 Å². The molecule has 14 heavy (non-hydrogen) atoms. The molecule has 0 atom stereocenters. The molecule has 2 N–H and O–H groups in total. The van der Waals surface area contributed by atoms with E-state index in [-0.39, 0.29) is 5.75 Å². The molecule has 6 heteroatoms. The van der Waals surface area contributed by atoms with Crippen LogP contribution in [-0.2, 0) is 20.6 Å². The van der Waals surface area contributed by atoms with Crippen LogP contribution in [0.25, 0.3) is 0 Å². The molecule has 0 aliphatic carbocycles. The van der Waals surface area contributed by atoms with Crippen molar-refractivity contribution in [2.45, 2.75) is 5.75 Å². The second-order valence-corrected chi connectivity index (χ2v) is 4.29. The van der Waals surface area contributed by atoms with Crippen molar-refractivity contribution in [3.63, 3.8) is 0 Å². The fourth-order valence-electron chi connectivity index (χ4n) is 1.00. The van der Waals surface area contributed by atoms with E-state index in [0.717, 1.165) is 0 Å². The minimum Gasteiger partial charge on any atom is -0.228 e. The Labute approximate surface area is 81.3 Å². The zero-order valence-corrected chi connectivity index (χ0v) is 7.99. The van der Waals surface area contributed by atoms with Crippen LogP contribution in [-0.4, -0.2) is 14.5 Å². The van der Waals surface area contributed by atoms with Gasteiger partial charge in [-0.05, 0) is 17.7 Å².